The van der Waals surface area contributed by atoms with Gasteiger partial charge in [0.1, 0.15) is 0 Å². The predicted molar refractivity (Wildman–Crippen MR) is 71.1 cm³/mol. The average molecular weight is 240 g/mol. The van der Waals surface area contributed by atoms with E-state index in [0.717, 1.165) is 12.1 Å². The molecule has 0 aromatic heterocycles. The van der Waals surface area contributed by atoms with Crippen LogP contribution in [0.25, 0.3) is 0 Å². The lowest BCUT2D eigenvalue weighted by atomic mass is 9.97. The first-order valence-corrected chi connectivity index (χ1v) is 8.06. The Morgan fingerprint density at radius 2 is 2.19 bits per heavy atom. The standard InChI is InChI=1S/C13H24N2S/c1-16-13(5-6-13)10-14-11-4-8-15-7-2-3-12(15)9-11/h11-12,14H,2-10H2,1H3. The van der Waals surface area contributed by atoms with E-state index in [1.165, 1.54) is 58.2 Å². The lowest BCUT2D eigenvalue weighted by molar-refractivity contribution is 0.167. The summed E-state index contributed by atoms with van der Waals surface area (Å²) >= 11 is 2.07. The Labute approximate surface area is 104 Å². The van der Waals surface area contributed by atoms with Crippen LogP contribution in [0.15, 0.2) is 0 Å². The summed E-state index contributed by atoms with van der Waals surface area (Å²) in [6.45, 7) is 3.96. The predicted octanol–water partition coefficient (Wildman–Crippen LogP) is 2.10. The quantitative estimate of drug-likeness (QED) is 0.810. The Kier molecular flexibility index (Phi) is 3.20. The molecule has 1 aliphatic carbocycles. The van der Waals surface area contributed by atoms with Crippen LogP contribution in [0.1, 0.15) is 38.5 Å². The maximum atomic E-state index is 3.84. The SMILES string of the molecule is CSC1(CNC2CCN3CCCC3C2)CC1. The fraction of sp³-hybridized carbons (Fsp3) is 1.00. The summed E-state index contributed by atoms with van der Waals surface area (Å²) in [6.07, 6.45) is 10.8. The molecule has 2 heterocycles. The van der Waals surface area contributed by atoms with E-state index in [1.54, 1.807) is 0 Å². The number of thioether (sulfide) groups is 1. The third-order valence-corrected chi connectivity index (χ3v) is 6.19. The first kappa shape index (κ1) is 11.4. The van der Waals surface area contributed by atoms with Gasteiger partial charge in [0.2, 0.25) is 0 Å². The molecule has 1 N–H and O–H groups in total. The van der Waals surface area contributed by atoms with Gasteiger partial charge in [0.05, 0.1) is 0 Å². The van der Waals surface area contributed by atoms with Crippen LogP contribution in [-0.4, -0.2) is 47.6 Å². The van der Waals surface area contributed by atoms with Gasteiger partial charge in [-0.05, 0) is 57.9 Å². The van der Waals surface area contributed by atoms with Crippen molar-refractivity contribution in [3.05, 3.63) is 0 Å². The molecule has 3 heteroatoms. The minimum absolute atomic E-state index is 0.632. The molecule has 2 unspecified atom stereocenters. The van der Waals surface area contributed by atoms with Crippen molar-refractivity contribution in [2.75, 3.05) is 25.9 Å². The number of hydrogen-bond acceptors (Lipinski definition) is 3. The molecule has 3 aliphatic rings. The van der Waals surface area contributed by atoms with E-state index in [1.807, 2.05) is 0 Å². The normalized spacial score (nSPS) is 37.3. The monoisotopic (exact) mass is 240 g/mol. The number of nitrogens with one attached hydrogen (secondary N) is 1. The van der Waals surface area contributed by atoms with E-state index in [2.05, 4.69) is 28.2 Å². The summed E-state index contributed by atoms with van der Waals surface area (Å²) in [5.41, 5.74) is 0. The molecule has 0 amide bonds. The van der Waals surface area contributed by atoms with Gasteiger partial charge in [-0.15, -0.1) is 0 Å². The third kappa shape index (κ3) is 2.27. The van der Waals surface area contributed by atoms with Crippen molar-refractivity contribution in [3.8, 4) is 0 Å². The van der Waals surface area contributed by atoms with Crippen molar-refractivity contribution < 1.29 is 0 Å². The van der Waals surface area contributed by atoms with Crippen LogP contribution in [0.2, 0.25) is 0 Å². The van der Waals surface area contributed by atoms with Crippen LogP contribution in [0, 0.1) is 0 Å². The Morgan fingerprint density at radius 3 is 2.94 bits per heavy atom. The maximum Gasteiger partial charge on any atom is 0.0282 e. The van der Waals surface area contributed by atoms with Gasteiger partial charge in [0.25, 0.3) is 0 Å². The van der Waals surface area contributed by atoms with E-state index in [4.69, 9.17) is 0 Å². The van der Waals surface area contributed by atoms with Crippen molar-refractivity contribution in [3.63, 3.8) is 0 Å². The number of nitrogens with zero attached hydrogens (tertiary/aromatic N) is 1. The first-order valence-electron chi connectivity index (χ1n) is 6.84. The molecule has 0 bridgehead atoms. The molecule has 1 saturated carbocycles. The molecule has 0 aromatic rings. The number of fused-ring (bicyclic) bond motifs is 1. The van der Waals surface area contributed by atoms with Crippen molar-refractivity contribution in [1.29, 1.82) is 0 Å². The van der Waals surface area contributed by atoms with Crippen LogP contribution in [0.4, 0.5) is 0 Å². The molecular formula is C13H24N2S. The maximum absolute atomic E-state index is 3.84. The lowest BCUT2D eigenvalue weighted by Crippen LogP contribution is -2.47. The molecule has 2 aliphatic heterocycles. The number of hydrogen-bond donors (Lipinski definition) is 1. The smallest absolute Gasteiger partial charge is 0.0282 e. The van der Waals surface area contributed by atoms with Crippen molar-refractivity contribution >= 4 is 11.8 Å². The number of rotatable bonds is 4. The first-order chi connectivity index (χ1) is 7.81. The Bertz CT molecular complexity index is 252. The van der Waals surface area contributed by atoms with Gasteiger partial charge < -0.3 is 10.2 Å². The van der Waals surface area contributed by atoms with Crippen LogP contribution in [0.5, 0.6) is 0 Å². The molecule has 3 fully saturated rings. The molecule has 92 valence electrons. The molecule has 3 rings (SSSR count). The Balaban J connectivity index is 1.46. The minimum Gasteiger partial charge on any atom is -0.312 e. The van der Waals surface area contributed by atoms with Crippen LogP contribution in [-0.2, 0) is 0 Å². The van der Waals surface area contributed by atoms with Gasteiger partial charge >= 0.3 is 0 Å². The van der Waals surface area contributed by atoms with Crippen LogP contribution >= 0.6 is 11.8 Å². The zero-order valence-electron chi connectivity index (χ0n) is 10.4. The van der Waals surface area contributed by atoms with Gasteiger partial charge in [0, 0.05) is 23.4 Å². The van der Waals surface area contributed by atoms with Gasteiger partial charge in [-0.3, -0.25) is 0 Å². The molecule has 2 saturated heterocycles. The zero-order chi connectivity index (χ0) is 11.0. The summed E-state index contributed by atoms with van der Waals surface area (Å²) in [4.78, 5) is 2.71. The molecule has 0 aromatic carbocycles. The van der Waals surface area contributed by atoms with E-state index >= 15 is 0 Å². The molecule has 0 radical (unpaired) electrons. The summed E-state index contributed by atoms with van der Waals surface area (Å²) in [7, 11) is 0. The molecule has 2 nitrogen and oxygen atoms in total. The fourth-order valence-corrected chi connectivity index (χ4v) is 4.07. The summed E-state index contributed by atoms with van der Waals surface area (Å²) in [5, 5.41) is 3.84. The molecule has 2 atom stereocenters. The zero-order valence-corrected chi connectivity index (χ0v) is 11.2. The fourth-order valence-electron chi connectivity index (χ4n) is 3.33. The topological polar surface area (TPSA) is 15.3 Å². The van der Waals surface area contributed by atoms with Crippen molar-refractivity contribution in [2.24, 2.45) is 0 Å². The van der Waals surface area contributed by atoms with Crippen molar-refractivity contribution in [2.45, 2.75) is 55.4 Å². The van der Waals surface area contributed by atoms with Crippen LogP contribution in [0.3, 0.4) is 0 Å². The lowest BCUT2D eigenvalue weighted by Gasteiger charge is -2.35. The van der Waals surface area contributed by atoms with Crippen molar-refractivity contribution in [1.82, 2.24) is 10.2 Å². The summed E-state index contributed by atoms with van der Waals surface area (Å²) < 4.78 is 0.632. The van der Waals surface area contributed by atoms with Gasteiger partial charge in [-0.25, -0.2) is 0 Å². The van der Waals surface area contributed by atoms with Gasteiger partial charge in [0.15, 0.2) is 0 Å². The Hall–Kier alpha value is 0.270. The number of piperidine rings is 1. The van der Waals surface area contributed by atoms with Gasteiger partial charge in [-0.1, -0.05) is 0 Å². The average Bonchev–Trinajstić information content (AvgIpc) is 2.96. The Morgan fingerprint density at radius 1 is 1.31 bits per heavy atom. The molecular weight excluding hydrogens is 216 g/mol. The van der Waals surface area contributed by atoms with E-state index < -0.39 is 0 Å². The highest BCUT2D eigenvalue weighted by atomic mass is 32.2. The summed E-state index contributed by atoms with van der Waals surface area (Å²) in [6, 6.07) is 1.72. The molecule has 16 heavy (non-hydrogen) atoms. The van der Waals surface area contributed by atoms with Gasteiger partial charge in [-0.2, -0.15) is 11.8 Å². The molecule has 0 spiro atoms. The van der Waals surface area contributed by atoms with Crippen LogP contribution < -0.4 is 5.32 Å². The van der Waals surface area contributed by atoms with E-state index in [9.17, 15) is 0 Å². The van der Waals surface area contributed by atoms with E-state index in [0.29, 0.717) is 4.75 Å². The second kappa shape index (κ2) is 4.51. The highest BCUT2D eigenvalue weighted by Crippen LogP contribution is 2.46. The largest absolute Gasteiger partial charge is 0.312 e. The highest BCUT2D eigenvalue weighted by Gasteiger charge is 2.42. The summed E-state index contributed by atoms with van der Waals surface area (Å²) in [5.74, 6) is 0. The third-order valence-electron chi connectivity index (χ3n) is 4.77. The second-order valence-corrected chi connectivity index (χ2v) is 7.10. The second-order valence-electron chi connectivity index (χ2n) is 5.82. The highest BCUT2D eigenvalue weighted by molar-refractivity contribution is 8.00. The van der Waals surface area contributed by atoms with E-state index in [-0.39, 0.29) is 0 Å². The minimum atomic E-state index is 0.632.